The van der Waals surface area contributed by atoms with Gasteiger partial charge in [-0.05, 0) is 25.0 Å². The summed E-state index contributed by atoms with van der Waals surface area (Å²) in [6.07, 6.45) is 4.15. The van der Waals surface area contributed by atoms with Crippen LogP contribution in [0.15, 0.2) is 18.2 Å². The molecule has 0 radical (unpaired) electrons. The van der Waals surface area contributed by atoms with Crippen LogP contribution >= 0.6 is 11.6 Å². The van der Waals surface area contributed by atoms with E-state index in [1.807, 2.05) is 0 Å². The summed E-state index contributed by atoms with van der Waals surface area (Å²) in [6, 6.07) is 5.27. The van der Waals surface area contributed by atoms with E-state index in [1.54, 1.807) is 25.3 Å². The first kappa shape index (κ1) is 16.6. The van der Waals surface area contributed by atoms with Crippen molar-refractivity contribution in [1.29, 1.82) is 0 Å². The van der Waals surface area contributed by atoms with E-state index in [4.69, 9.17) is 21.1 Å². The molecule has 0 fully saturated rings. The second-order valence-corrected chi connectivity index (χ2v) is 4.78. The highest BCUT2D eigenvalue weighted by atomic mass is 35.5. The number of hydrogen-bond acceptors (Lipinski definition) is 3. The van der Waals surface area contributed by atoms with Crippen LogP contribution in [0.4, 0.5) is 0 Å². The van der Waals surface area contributed by atoms with Gasteiger partial charge in [0.15, 0.2) is 11.5 Å². The SMILES string of the molecule is COc1cccc(C(=O)NCCCCCCCl)c1OC. The largest absolute Gasteiger partial charge is 0.493 e. The Morgan fingerprint density at radius 1 is 1.15 bits per heavy atom. The van der Waals surface area contributed by atoms with E-state index in [9.17, 15) is 4.79 Å². The highest BCUT2D eigenvalue weighted by Gasteiger charge is 2.15. The number of rotatable bonds is 9. The van der Waals surface area contributed by atoms with Crippen LogP contribution in [0.25, 0.3) is 0 Å². The lowest BCUT2D eigenvalue weighted by Crippen LogP contribution is -2.25. The number of nitrogens with one attached hydrogen (secondary N) is 1. The van der Waals surface area contributed by atoms with Crippen LogP contribution in [0.2, 0.25) is 0 Å². The minimum atomic E-state index is -0.141. The maximum Gasteiger partial charge on any atom is 0.255 e. The molecule has 0 heterocycles. The minimum Gasteiger partial charge on any atom is -0.493 e. The van der Waals surface area contributed by atoms with Gasteiger partial charge in [-0.3, -0.25) is 4.79 Å². The minimum absolute atomic E-state index is 0.141. The highest BCUT2D eigenvalue weighted by molar-refractivity contribution is 6.17. The molecule has 0 aliphatic carbocycles. The molecule has 0 bridgehead atoms. The van der Waals surface area contributed by atoms with Gasteiger partial charge in [0.2, 0.25) is 0 Å². The molecule has 1 aromatic carbocycles. The quantitative estimate of drug-likeness (QED) is 0.562. The maximum atomic E-state index is 12.1. The smallest absolute Gasteiger partial charge is 0.255 e. The molecule has 0 saturated carbocycles. The molecule has 0 unspecified atom stereocenters. The van der Waals surface area contributed by atoms with Gasteiger partial charge >= 0.3 is 0 Å². The number of amides is 1. The van der Waals surface area contributed by atoms with Crippen LogP contribution in [0, 0.1) is 0 Å². The molecule has 0 spiro atoms. The number of carbonyl (C=O) groups is 1. The molecule has 1 aromatic rings. The summed E-state index contributed by atoms with van der Waals surface area (Å²) in [6.45, 7) is 0.654. The summed E-state index contributed by atoms with van der Waals surface area (Å²) >= 11 is 5.61. The van der Waals surface area contributed by atoms with Crippen LogP contribution in [-0.4, -0.2) is 32.6 Å². The molecule has 0 aliphatic rings. The molecule has 4 nitrogen and oxygen atoms in total. The summed E-state index contributed by atoms with van der Waals surface area (Å²) in [5, 5.41) is 2.89. The Labute approximate surface area is 125 Å². The third-order valence-corrected chi connectivity index (χ3v) is 3.26. The van der Waals surface area contributed by atoms with E-state index in [1.165, 1.54) is 7.11 Å². The molecule has 1 N–H and O–H groups in total. The van der Waals surface area contributed by atoms with Gasteiger partial charge < -0.3 is 14.8 Å². The Morgan fingerprint density at radius 2 is 1.90 bits per heavy atom. The summed E-state index contributed by atoms with van der Waals surface area (Å²) in [5.41, 5.74) is 0.493. The van der Waals surface area contributed by atoms with Crippen LogP contribution in [-0.2, 0) is 0 Å². The predicted octanol–water partition coefficient (Wildman–Crippen LogP) is 3.23. The monoisotopic (exact) mass is 299 g/mol. The van der Waals surface area contributed by atoms with Crippen molar-refractivity contribution in [3.63, 3.8) is 0 Å². The fourth-order valence-corrected chi connectivity index (χ4v) is 2.13. The van der Waals surface area contributed by atoms with Crippen LogP contribution < -0.4 is 14.8 Å². The second-order valence-electron chi connectivity index (χ2n) is 4.40. The highest BCUT2D eigenvalue weighted by Crippen LogP contribution is 2.30. The molecule has 1 amide bonds. The number of ether oxygens (including phenoxy) is 2. The van der Waals surface area contributed by atoms with Gasteiger partial charge in [-0.25, -0.2) is 0 Å². The third-order valence-electron chi connectivity index (χ3n) is 2.99. The van der Waals surface area contributed by atoms with Crippen LogP contribution in [0.5, 0.6) is 11.5 Å². The molecule has 20 heavy (non-hydrogen) atoms. The first-order valence-electron chi connectivity index (χ1n) is 6.79. The number of para-hydroxylation sites is 1. The lowest BCUT2D eigenvalue weighted by atomic mass is 10.1. The number of unbranched alkanes of at least 4 members (excludes halogenated alkanes) is 3. The Morgan fingerprint density at radius 3 is 2.55 bits per heavy atom. The predicted molar refractivity (Wildman–Crippen MR) is 81.1 cm³/mol. The van der Waals surface area contributed by atoms with Gasteiger partial charge in [-0.15, -0.1) is 11.6 Å². The Bertz CT molecular complexity index is 424. The van der Waals surface area contributed by atoms with E-state index < -0.39 is 0 Å². The Kier molecular flexibility index (Phi) is 7.88. The topological polar surface area (TPSA) is 47.6 Å². The van der Waals surface area contributed by atoms with Gasteiger partial charge in [0.05, 0.1) is 19.8 Å². The van der Waals surface area contributed by atoms with E-state index in [-0.39, 0.29) is 5.91 Å². The van der Waals surface area contributed by atoms with Crippen LogP contribution in [0.3, 0.4) is 0 Å². The molecule has 112 valence electrons. The molecule has 5 heteroatoms. The van der Waals surface area contributed by atoms with Crippen molar-refractivity contribution in [2.24, 2.45) is 0 Å². The van der Waals surface area contributed by atoms with E-state index in [0.717, 1.165) is 25.7 Å². The average molecular weight is 300 g/mol. The lowest BCUT2D eigenvalue weighted by Gasteiger charge is -2.12. The van der Waals surface area contributed by atoms with Crippen LogP contribution in [0.1, 0.15) is 36.0 Å². The fourth-order valence-electron chi connectivity index (χ4n) is 1.94. The summed E-state index contributed by atoms with van der Waals surface area (Å²) in [7, 11) is 3.08. The number of carbonyl (C=O) groups excluding carboxylic acids is 1. The Balaban J connectivity index is 2.51. The number of alkyl halides is 1. The van der Waals surface area contributed by atoms with Gasteiger partial charge in [-0.1, -0.05) is 18.9 Å². The van der Waals surface area contributed by atoms with Crippen molar-refractivity contribution in [2.45, 2.75) is 25.7 Å². The number of benzene rings is 1. The molecular weight excluding hydrogens is 278 g/mol. The number of hydrogen-bond donors (Lipinski definition) is 1. The molecular formula is C15H22ClNO3. The third kappa shape index (κ3) is 4.93. The average Bonchev–Trinajstić information content (AvgIpc) is 2.49. The van der Waals surface area contributed by atoms with Gasteiger partial charge in [0.1, 0.15) is 0 Å². The lowest BCUT2D eigenvalue weighted by molar-refractivity contribution is 0.0949. The second kappa shape index (κ2) is 9.48. The standard InChI is InChI=1S/C15H22ClNO3/c1-19-13-9-7-8-12(14(13)20-2)15(18)17-11-6-4-3-5-10-16/h7-9H,3-6,10-11H2,1-2H3,(H,17,18). The van der Waals surface area contributed by atoms with Crippen molar-refractivity contribution < 1.29 is 14.3 Å². The number of methoxy groups -OCH3 is 2. The van der Waals surface area contributed by atoms with E-state index in [0.29, 0.717) is 29.5 Å². The molecule has 1 rings (SSSR count). The zero-order valence-electron chi connectivity index (χ0n) is 12.1. The first-order valence-corrected chi connectivity index (χ1v) is 7.33. The van der Waals surface area contributed by atoms with E-state index >= 15 is 0 Å². The zero-order chi connectivity index (χ0) is 14.8. The Hall–Kier alpha value is -1.42. The zero-order valence-corrected chi connectivity index (χ0v) is 12.8. The molecule has 0 saturated heterocycles. The van der Waals surface area contributed by atoms with E-state index in [2.05, 4.69) is 5.32 Å². The van der Waals surface area contributed by atoms with Gasteiger partial charge in [0.25, 0.3) is 5.91 Å². The van der Waals surface area contributed by atoms with Crippen molar-refractivity contribution in [2.75, 3.05) is 26.6 Å². The van der Waals surface area contributed by atoms with Crippen molar-refractivity contribution in [3.05, 3.63) is 23.8 Å². The summed E-state index contributed by atoms with van der Waals surface area (Å²) in [4.78, 5) is 12.1. The van der Waals surface area contributed by atoms with Crippen molar-refractivity contribution in [3.8, 4) is 11.5 Å². The molecule has 0 aromatic heterocycles. The fraction of sp³-hybridized carbons (Fsp3) is 0.533. The first-order chi connectivity index (χ1) is 9.74. The normalized spacial score (nSPS) is 10.2. The number of halogens is 1. The molecule has 0 aliphatic heterocycles. The maximum absolute atomic E-state index is 12.1. The van der Waals surface area contributed by atoms with Gasteiger partial charge in [-0.2, -0.15) is 0 Å². The van der Waals surface area contributed by atoms with Crippen molar-refractivity contribution >= 4 is 17.5 Å². The van der Waals surface area contributed by atoms with Gasteiger partial charge in [0, 0.05) is 12.4 Å². The summed E-state index contributed by atoms with van der Waals surface area (Å²) < 4.78 is 10.4. The van der Waals surface area contributed by atoms with Crippen molar-refractivity contribution in [1.82, 2.24) is 5.32 Å². The summed E-state index contributed by atoms with van der Waals surface area (Å²) in [5.74, 6) is 1.59. The molecule has 0 atom stereocenters.